The van der Waals surface area contributed by atoms with E-state index in [1.165, 1.54) is 0 Å². The number of halogens is 2. The van der Waals surface area contributed by atoms with Crippen molar-refractivity contribution in [1.29, 1.82) is 0 Å². The molecule has 0 saturated heterocycles. The number of hydrogen-bond donors (Lipinski definition) is 2. The van der Waals surface area contributed by atoms with Crippen LogP contribution in [-0.2, 0) is 0 Å². The van der Waals surface area contributed by atoms with Gasteiger partial charge in [-0.15, -0.1) is 11.6 Å². The Hall–Kier alpha value is -1.94. The van der Waals surface area contributed by atoms with Crippen molar-refractivity contribution in [3.63, 3.8) is 0 Å². The molecule has 3 rings (SSSR count). The lowest BCUT2D eigenvalue weighted by Crippen LogP contribution is -2.20. The molecule has 0 radical (unpaired) electrons. The molecule has 0 bridgehead atoms. The Morgan fingerprint density at radius 2 is 1.79 bits per heavy atom. The zero-order valence-electron chi connectivity index (χ0n) is 12.9. The van der Waals surface area contributed by atoms with Gasteiger partial charge >= 0.3 is 0 Å². The van der Waals surface area contributed by atoms with Gasteiger partial charge in [0, 0.05) is 12.2 Å². The lowest BCUT2D eigenvalue weighted by molar-refractivity contribution is 0.211. The smallest absolute Gasteiger partial charge is 0.146 e. The topological polar surface area (TPSA) is 41.5 Å². The first kappa shape index (κ1) is 16.9. The first-order chi connectivity index (χ1) is 11.7. The van der Waals surface area contributed by atoms with Crippen molar-refractivity contribution in [1.82, 2.24) is 0 Å². The minimum absolute atomic E-state index is 0.184. The molecule has 5 heteroatoms. The van der Waals surface area contributed by atoms with Gasteiger partial charge < -0.3 is 15.2 Å². The minimum Gasteiger partial charge on any atom is -0.456 e. The fraction of sp³-hybridized carbons (Fsp3) is 0.158. The molecule has 0 heterocycles. The molecule has 3 aromatic carbocycles. The van der Waals surface area contributed by atoms with Crippen LogP contribution in [0.5, 0.6) is 11.5 Å². The molecule has 0 aliphatic rings. The third-order valence-corrected chi connectivity index (χ3v) is 4.25. The zero-order valence-corrected chi connectivity index (χ0v) is 14.4. The number of benzene rings is 3. The third kappa shape index (κ3) is 4.12. The van der Waals surface area contributed by atoms with Crippen LogP contribution >= 0.6 is 23.2 Å². The molecule has 2 N–H and O–H groups in total. The van der Waals surface area contributed by atoms with E-state index in [-0.39, 0.29) is 5.88 Å². The quantitative estimate of drug-likeness (QED) is 0.585. The van der Waals surface area contributed by atoms with Gasteiger partial charge in [0.15, 0.2) is 0 Å². The number of anilines is 1. The summed E-state index contributed by atoms with van der Waals surface area (Å²) in [7, 11) is 0. The van der Waals surface area contributed by atoms with Crippen molar-refractivity contribution in [2.75, 3.05) is 17.7 Å². The molecule has 0 aliphatic carbocycles. The minimum atomic E-state index is -0.598. The molecular formula is C19H17Cl2NO2. The highest BCUT2D eigenvalue weighted by molar-refractivity contribution is 6.32. The van der Waals surface area contributed by atoms with Crippen LogP contribution in [0, 0.1) is 0 Å². The zero-order chi connectivity index (χ0) is 16.9. The SMILES string of the molecule is OC(CCl)CNc1ccc(Oc2ccc3ccccc3c2)c(Cl)c1. The molecule has 1 unspecified atom stereocenters. The van der Waals surface area contributed by atoms with E-state index in [0.29, 0.717) is 17.3 Å². The van der Waals surface area contributed by atoms with Crippen LogP contribution in [0.1, 0.15) is 0 Å². The number of hydrogen-bond acceptors (Lipinski definition) is 3. The molecule has 3 aromatic rings. The van der Waals surface area contributed by atoms with Crippen molar-refractivity contribution >= 4 is 39.7 Å². The number of fused-ring (bicyclic) bond motifs is 1. The summed E-state index contributed by atoms with van der Waals surface area (Å²) in [5, 5.41) is 15.3. The van der Waals surface area contributed by atoms with Crippen molar-refractivity contribution in [3.8, 4) is 11.5 Å². The summed E-state index contributed by atoms with van der Waals surface area (Å²) in [5.41, 5.74) is 0.801. The number of aliphatic hydroxyl groups excluding tert-OH is 1. The van der Waals surface area contributed by atoms with E-state index in [2.05, 4.69) is 11.4 Å². The maximum atomic E-state index is 9.47. The maximum Gasteiger partial charge on any atom is 0.146 e. The first-order valence-corrected chi connectivity index (χ1v) is 8.51. The highest BCUT2D eigenvalue weighted by atomic mass is 35.5. The van der Waals surface area contributed by atoms with Gasteiger partial charge in [0.25, 0.3) is 0 Å². The maximum absolute atomic E-state index is 9.47. The molecular weight excluding hydrogens is 345 g/mol. The monoisotopic (exact) mass is 361 g/mol. The normalized spacial score (nSPS) is 12.1. The van der Waals surface area contributed by atoms with E-state index >= 15 is 0 Å². The highest BCUT2D eigenvalue weighted by Gasteiger charge is 2.07. The Labute approximate surface area is 150 Å². The molecule has 0 saturated carbocycles. The molecule has 0 amide bonds. The van der Waals surface area contributed by atoms with Gasteiger partial charge in [-0.2, -0.15) is 0 Å². The molecule has 0 aliphatic heterocycles. The number of ether oxygens (including phenoxy) is 1. The summed E-state index contributed by atoms with van der Waals surface area (Å²) in [6.07, 6.45) is -0.598. The fourth-order valence-corrected chi connectivity index (χ4v) is 2.67. The van der Waals surface area contributed by atoms with E-state index < -0.39 is 6.10 Å². The van der Waals surface area contributed by atoms with Crippen LogP contribution in [0.15, 0.2) is 60.7 Å². The second-order valence-corrected chi connectivity index (χ2v) is 6.16. The van der Waals surface area contributed by atoms with Gasteiger partial charge in [0.05, 0.1) is 17.0 Å². The van der Waals surface area contributed by atoms with Crippen molar-refractivity contribution in [2.45, 2.75) is 6.10 Å². The Kier molecular flexibility index (Phi) is 5.46. The fourth-order valence-electron chi connectivity index (χ4n) is 2.34. The summed E-state index contributed by atoms with van der Waals surface area (Å²) < 4.78 is 5.89. The van der Waals surface area contributed by atoms with Crippen LogP contribution in [0.4, 0.5) is 5.69 Å². The average molecular weight is 362 g/mol. The van der Waals surface area contributed by atoms with E-state index in [1.54, 1.807) is 12.1 Å². The van der Waals surface area contributed by atoms with E-state index in [4.69, 9.17) is 27.9 Å². The lowest BCUT2D eigenvalue weighted by Gasteiger charge is -2.13. The van der Waals surface area contributed by atoms with Crippen molar-refractivity contribution < 1.29 is 9.84 Å². The summed E-state index contributed by atoms with van der Waals surface area (Å²) in [6, 6.07) is 19.4. The standard InChI is InChI=1S/C19H17Cl2NO2/c20-11-16(23)12-22-15-6-8-19(18(21)10-15)24-17-7-5-13-3-1-2-4-14(13)9-17/h1-10,16,22-23H,11-12H2. The number of rotatable bonds is 6. The van der Waals surface area contributed by atoms with E-state index in [0.717, 1.165) is 22.2 Å². The van der Waals surface area contributed by atoms with Gasteiger partial charge in [-0.25, -0.2) is 0 Å². The Bertz CT molecular complexity index is 838. The molecule has 0 spiro atoms. The van der Waals surface area contributed by atoms with E-state index in [1.807, 2.05) is 42.5 Å². The van der Waals surface area contributed by atoms with Crippen LogP contribution in [0.2, 0.25) is 5.02 Å². The Morgan fingerprint density at radius 3 is 2.54 bits per heavy atom. The number of alkyl halides is 1. The van der Waals surface area contributed by atoms with Crippen LogP contribution in [0.3, 0.4) is 0 Å². The second kappa shape index (κ2) is 7.75. The molecule has 24 heavy (non-hydrogen) atoms. The van der Waals surface area contributed by atoms with Crippen LogP contribution < -0.4 is 10.1 Å². The van der Waals surface area contributed by atoms with Crippen LogP contribution in [-0.4, -0.2) is 23.6 Å². The summed E-state index contributed by atoms with van der Waals surface area (Å²) in [6.45, 7) is 0.366. The van der Waals surface area contributed by atoms with Gasteiger partial charge in [-0.3, -0.25) is 0 Å². The highest BCUT2D eigenvalue weighted by Crippen LogP contribution is 2.32. The van der Waals surface area contributed by atoms with Gasteiger partial charge in [0.1, 0.15) is 11.5 Å². The van der Waals surface area contributed by atoms with Crippen molar-refractivity contribution in [3.05, 3.63) is 65.7 Å². The summed E-state index contributed by atoms with van der Waals surface area (Å²) in [4.78, 5) is 0. The average Bonchev–Trinajstić information content (AvgIpc) is 2.61. The summed E-state index contributed by atoms with van der Waals surface area (Å²) >= 11 is 11.9. The predicted octanol–water partition coefficient (Wildman–Crippen LogP) is 5.30. The van der Waals surface area contributed by atoms with Gasteiger partial charge in [-0.05, 0) is 41.1 Å². The van der Waals surface area contributed by atoms with Gasteiger partial charge in [-0.1, -0.05) is 41.9 Å². The first-order valence-electron chi connectivity index (χ1n) is 7.60. The van der Waals surface area contributed by atoms with Gasteiger partial charge in [0.2, 0.25) is 0 Å². The summed E-state index contributed by atoms with van der Waals surface area (Å²) in [5.74, 6) is 1.49. The molecule has 0 aromatic heterocycles. The second-order valence-electron chi connectivity index (χ2n) is 5.45. The molecule has 124 valence electrons. The third-order valence-electron chi connectivity index (χ3n) is 3.60. The largest absolute Gasteiger partial charge is 0.456 e. The molecule has 3 nitrogen and oxygen atoms in total. The molecule has 1 atom stereocenters. The Balaban J connectivity index is 1.74. The molecule has 0 fully saturated rings. The predicted molar refractivity (Wildman–Crippen MR) is 101 cm³/mol. The Morgan fingerprint density at radius 1 is 1.00 bits per heavy atom. The van der Waals surface area contributed by atoms with Crippen LogP contribution in [0.25, 0.3) is 10.8 Å². The van der Waals surface area contributed by atoms with E-state index in [9.17, 15) is 5.11 Å². The number of aliphatic hydroxyl groups is 1. The van der Waals surface area contributed by atoms with Crippen molar-refractivity contribution in [2.24, 2.45) is 0 Å². The lowest BCUT2D eigenvalue weighted by atomic mass is 10.1. The number of nitrogens with one attached hydrogen (secondary N) is 1.